The lowest BCUT2D eigenvalue weighted by molar-refractivity contribution is 0.0984. The smallest absolute Gasteiger partial charge is 0.201 e. The van der Waals surface area contributed by atoms with E-state index in [9.17, 15) is 14.9 Å². The monoisotopic (exact) mass is 391 g/mol. The van der Waals surface area contributed by atoms with Gasteiger partial charge in [-0.2, -0.15) is 5.26 Å². The van der Waals surface area contributed by atoms with E-state index >= 15 is 0 Å². The van der Waals surface area contributed by atoms with Gasteiger partial charge in [0.05, 0.1) is 19.9 Å². The molecule has 1 heterocycles. The number of hydrogen-bond acceptors (Lipinski definition) is 5. The Morgan fingerprint density at radius 1 is 1.09 bits per heavy atom. The quantitative estimate of drug-likeness (QED) is 0.667. The van der Waals surface area contributed by atoms with Crippen LogP contribution in [0, 0.1) is 11.3 Å². The van der Waals surface area contributed by atoms with Gasteiger partial charge in [-0.15, -0.1) is 23.5 Å². The van der Waals surface area contributed by atoms with E-state index in [1.807, 2.05) is 0 Å². The van der Waals surface area contributed by atoms with Crippen LogP contribution in [0.25, 0.3) is 0 Å². The average Bonchev–Trinajstić information content (AvgIpc) is 2.57. The van der Waals surface area contributed by atoms with Gasteiger partial charge in [0.15, 0.2) is 5.78 Å². The van der Waals surface area contributed by atoms with Crippen LogP contribution in [-0.4, -0.2) is 23.1 Å². The number of carbonyl (C=O) groups is 2. The minimum Gasteiger partial charge on any atom is -0.288 e. The number of halogens is 1. The summed E-state index contributed by atoms with van der Waals surface area (Å²) in [6.07, 6.45) is 1.08. The van der Waals surface area contributed by atoms with Crippen LogP contribution in [0.3, 0.4) is 0 Å². The first-order valence-electron chi connectivity index (χ1n) is 6.63. The zero-order valence-electron chi connectivity index (χ0n) is 11.4. The fourth-order valence-electron chi connectivity index (χ4n) is 2.35. The summed E-state index contributed by atoms with van der Waals surface area (Å²) in [7, 11) is 0. The Labute approximate surface area is 145 Å². The molecule has 3 nitrogen and oxygen atoms in total. The standard InChI is InChI=1S/C16H10BrNO2S2/c17-13-12(11(8-18)16-21-6-3-7-22-16)14(19)9-4-1-2-5-10(9)15(13)20/h1-2,4-5H,3,6-7H2. The molecule has 3 rings (SSSR count). The first-order chi connectivity index (χ1) is 10.6. The molecule has 110 valence electrons. The summed E-state index contributed by atoms with van der Waals surface area (Å²) in [6, 6.07) is 8.86. The van der Waals surface area contributed by atoms with Crippen molar-refractivity contribution >= 4 is 51.0 Å². The highest BCUT2D eigenvalue weighted by molar-refractivity contribution is 9.12. The predicted molar refractivity (Wildman–Crippen MR) is 93.2 cm³/mol. The number of Topliss-reactive ketones (excluding diaryl/α,β-unsaturated/α-hetero) is 2. The molecule has 1 fully saturated rings. The van der Waals surface area contributed by atoms with E-state index in [1.165, 1.54) is 0 Å². The van der Waals surface area contributed by atoms with Gasteiger partial charge in [0.1, 0.15) is 6.07 Å². The van der Waals surface area contributed by atoms with Crippen LogP contribution >= 0.6 is 39.5 Å². The van der Waals surface area contributed by atoms with Crippen LogP contribution < -0.4 is 0 Å². The van der Waals surface area contributed by atoms with Crippen LogP contribution in [0.1, 0.15) is 27.1 Å². The largest absolute Gasteiger partial charge is 0.288 e. The van der Waals surface area contributed by atoms with Gasteiger partial charge in [-0.1, -0.05) is 24.3 Å². The van der Waals surface area contributed by atoms with Gasteiger partial charge in [-0.25, -0.2) is 0 Å². The number of nitrogens with zero attached hydrogens (tertiary/aromatic N) is 1. The van der Waals surface area contributed by atoms with Gasteiger partial charge < -0.3 is 0 Å². The number of thioether (sulfide) groups is 2. The lowest BCUT2D eigenvalue weighted by atomic mass is 9.87. The normalized spacial score (nSPS) is 18.1. The lowest BCUT2D eigenvalue weighted by Gasteiger charge is -2.20. The summed E-state index contributed by atoms with van der Waals surface area (Å²) in [5, 5.41) is 9.55. The first-order valence-corrected chi connectivity index (χ1v) is 9.40. The number of fused-ring (bicyclic) bond motifs is 1. The average molecular weight is 392 g/mol. The summed E-state index contributed by atoms with van der Waals surface area (Å²) >= 11 is 6.40. The molecule has 0 aromatic heterocycles. The first kappa shape index (κ1) is 15.6. The van der Waals surface area contributed by atoms with Crippen molar-refractivity contribution in [2.75, 3.05) is 11.5 Å². The molecule has 1 aromatic carbocycles. The number of ketones is 2. The molecule has 2 aliphatic rings. The molecule has 0 N–H and O–H groups in total. The van der Waals surface area contributed by atoms with Crippen molar-refractivity contribution in [1.82, 2.24) is 0 Å². The maximum Gasteiger partial charge on any atom is 0.201 e. The topological polar surface area (TPSA) is 57.9 Å². The summed E-state index contributed by atoms with van der Waals surface area (Å²) in [6.45, 7) is 0. The predicted octanol–water partition coefficient (Wildman–Crippen LogP) is 4.32. The molecule has 0 spiro atoms. The molecule has 1 aromatic rings. The molecule has 1 aliphatic carbocycles. The molecule has 0 amide bonds. The van der Waals surface area contributed by atoms with Gasteiger partial charge in [0.2, 0.25) is 5.78 Å². The van der Waals surface area contributed by atoms with Gasteiger partial charge >= 0.3 is 0 Å². The van der Waals surface area contributed by atoms with Crippen LogP contribution in [0.5, 0.6) is 0 Å². The van der Waals surface area contributed by atoms with Crippen molar-refractivity contribution in [1.29, 1.82) is 5.26 Å². The van der Waals surface area contributed by atoms with Gasteiger partial charge in [-0.3, -0.25) is 9.59 Å². The highest BCUT2D eigenvalue weighted by Crippen LogP contribution is 2.42. The van der Waals surface area contributed by atoms with Gasteiger partial charge in [0.25, 0.3) is 0 Å². The molecular formula is C16H10BrNO2S2. The number of rotatable bonds is 1. The molecule has 0 bridgehead atoms. The van der Waals surface area contributed by atoms with Crippen molar-refractivity contribution in [2.24, 2.45) is 0 Å². The fraction of sp³-hybridized carbons (Fsp3) is 0.188. The minimum atomic E-state index is -0.266. The Morgan fingerprint density at radius 2 is 1.68 bits per heavy atom. The third-order valence-corrected chi connectivity index (χ3v) is 6.77. The zero-order chi connectivity index (χ0) is 15.7. The molecule has 0 atom stereocenters. The summed E-state index contributed by atoms with van der Waals surface area (Å²) in [4.78, 5) is 25.2. The highest BCUT2D eigenvalue weighted by Gasteiger charge is 2.34. The SMILES string of the molecule is N#CC(=C1SCCCS1)C1=C(Br)C(=O)c2ccccc2C1=O. The van der Waals surface area contributed by atoms with Crippen molar-refractivity contribution in [2.45, 2.75) is 6.42 Å². The maximum absolute atomic E-state index is 12.8. The van der Waals surface area contributed by atoms with Gasteiger partial charge in [0, 0.05) is 11.1 Å². The van der Waals surface area contributed by atoms with Crippen molar-refractivity contribution < 1.29 is 9.59 Å². The van der Waals surface area contributed by atoms with E-state index < -0.39 is 0 Å². The van der Waals surface area contributed by atoms with E-state index in [1.54, 1.807) is 47.8 Å². The van der Waals surface area contributed by atoms with Crippen LogP contribution in [0.15, 0.2) is 44.1 Å². The molecule has 1 saturated heterocycles. The van der Waals surface area contributed by atoms with E-state index in [2.05, 4.69) is 22.0 Å². The van der Waals surface area contributed by atoms with E-state index in [0.29, 0.717) is 16.7 Å². The molecule has 0 saturated carbocycles. The summed E-state index contributed by atoms with van der Waals surface area (Å²) < 4.78 is 1.02. The zero-order valence-corrected chi connectivity index (χ0v) is 14.6. The minimum absolute atomic E-state index is 0.187. The van der Waals surface area contributed by atoms with E-state index in [4.69, 9.17) is 0 Å². The number of nitriles is 1. The number of benzene rings is 1. The van der Waals surface area contributed by atoms with Crippen molar-refractivity contribution in [3.05, 3.63) is 55.3 Å². The second-order valence-electron chi connectivity index (χ2n) is 4.72. The number of hydrogen-bond donors (Lipinski definition) is 0. The van der Waals surface area contributed by atoms with E-state index in [-0.39, 0.29) is 21.6 Å². The second-order valence-corrected chi connectivity index (χ2v) is 7.98. The molecular weight excluding hydrogens is 382 g/mol. The summed E-state index contributed by atoms with van der Waals surface area (Å²) in [5.74, 6) is 1.34. The third-order valence-electron chi connectivity index (χ3n) is 3.38. The molecule has 0 unspecified atom stereocenters. The summed E-state index contributed by atoms with van der Waals surface area (Å²) in [5.41, 5.74) is 1.26. The molecule has 22 heavy (non-hydrogen) atoms. The van der Waals surface area contributed by atoms with E-state index in [0.717, 1.165) is 22.2 Å². The number of carbonyl (C=O) groups excluding carboxylic acids is 2. The Kier molecular flexibility index (Phi) is 4.57. The lowest BCUT2D eigenvalue weighted by Crippen LogP contribution is -2.21. The van der Waals surface area contributed by atoms with Crippen molar-refractivity contribution in [3.8, 4) is 6.07 Å². The second kappa shape index (κ2) is 6.45. The Hall–Kier alpha value is -1.29. The van der Waals surface area contributed by atoms with Crippen molar-refractivity contribution in [3.63, 3.8) is 0 Å². The molecule has 1 aliphatic heterocycles. The Bertz CT molecular complexity index is 782. The maximum atomic E-state index is 12.8. The fourth-order valence-corrected chi connectivity index (χ4v) is 5.49. The molecule has 0 radical (unpaired) electrons. The van der Waals surface area contributed by atoms with Crippen LogP contribution in [-0.2, 0) is 0 Å². The molecule has 6 heteroatoms. The third kappa shape index (κ3) is 2.58. The Balaban J connectivity index is 2.18. The Morgan fingerprint density at radius 3 is 2.27 bits per heavy atom. The van der Waals surface area contributed by atoms with Crippen LogP contribution in [0.4, 0.5) is 0 Å². The van der Waals surface area contributed by atoms with Crippen LogP contribution in [0.2, 0.25) is 0 Å². The number of allylic oxidation sites excluding steroid dienone is 3. The van der Waals surface area contributed by atoms with Gasteiger partial charge in [-0.05, 0) is 33.9 Å². The highest BCUT2D eigenvalue weighted by atomic mass is 79.9.